The first-order valence-electron chi connectivity index (χ1n) is 3.37. The highest BCUT2D eigenvalue weighted by Gasteiger charge is 2.18. The minimum Gasteiger partial charge on any atom is -0.246 e. The average Bonchev–Trinajstić information content (AvgIpc) is 2.04. The van der Waals surface area contributed by atoms with Crippen LogP contribution in [-0.4, -0.2) is 15.9 Å². The lowest BCUT2D eigenvalue weighted by Crippen LogP contribution is -2.17. The zero-order valence-corrected chi connectivity index (χ0v) is 7.55. The van der Waals surface area contributed by atoms with Crippen LogP contribution in [0, 0.1) is 0 Å². The van der Waals surface area contributed by atoms with Gasteiger partial charge in [0, 0.05) is 30.0 Å². The van der Waals surface area contributed by atoms with Gasteiger partial charge in [0.05, 0.1) is 11.9 Å². The van der Waals surface area contributed by atoms with E-state index in [9.17, 15) is 0 Å². The van der Waals surface area contributed by atoms with E-state index in [0.29, 0.717) is 11.6 Å². The molecule has 0 atom stereocenters. The highest BCUT2D eigenvalue weighted by atomic mass is 35.5. The molecule has 0 N–H and O–H groups in total. The van der Waals surface area contributed by atoms with Gasteiger partial charge in [-0.2, -0.15) is 0 Å². The number of hydrogen-bond donors (Lipinski definition) is 0. The van der Waals surface area contributed by atoms with Gasteiger partial charge in [-0.1, -0.05) is 11.6 Å². The zero-order valence-electron chi connectivity index (χ0n) is 6.04. The molecular formula is C7H5Cl2N3. The lowest BCUT2D eigenvalue weighted by Gasteiger charge is -2.21. The molecule has 0 aromatic heterocycles. The third-order valence-corrected chi connectivity index (χ3v) is 2.12. The Bertz CT molecular complexity index is 328. The summed E-state index contributed by atoms with van der Waals surface area (Å²) in [6, 6.07) is 0. The Balaban J connectivity index is 2.40. The first-order chi connectivity index (χ1) is 5.77. The summed E-state index contributed by atoms with van der Waals surface area (Å²) in [5.74, 6) is 0. The van der Waals surface area contributed by atoms with Crippen LogP contribution in [0.1, 0.15) is 6.42 Å². The maximum absolute atomic E-state index is 5.80. The van der Waals surface area contributed by atoms with Crippen LogP contribution in [0.15, 0.2) is 33.7 Å². The van der Waals surface area contributed by atoms with Crippen LogP contribution in [0.3, 0.4) is 0 Å². The van der Waals surface area contributed by atoms with Crippen LogP contribution in [0.5, 0.6) is 0 Å². The van der Waals surface area contributed by atoms with Gasteiger partial charge in [-0.3, -0.25) is 0 Å². The number of rotatable bonds is 0. The average molecular weight is 202 g/mol. The molecule has 0 saturated heterocycles. The van der Waals surface area contributed by atoms with Crippen LogP contribution in [0.25, 0.3) is 0 Å². The van der Waals surface area contributed by atoms with Crippen molar-refractivity contribution in [3.63, 3.8) is 0 Å². The van der Waals surface area contributed by atoms with Crippen LogP contribution in [-0.2, 0) is 0 Å². The van der Waals surface area contributed by atoms with E-state index in [1.165, 1.54) is 10.8 Å². The Morgan fingerprint density at radius 1 is 1.42 bits per heavy atom. The molecule has 5 heteroatoms. The molecule has 0 aliphatic carbocycles. The maximum atomic E-state index is 5.80. The van der Waals surface area contributed by atoms with Gasteiger partial charge in [0.2, 0.25) is 0 Å². The summed E-state index contributed by atoms with van der Waals surface area (Å²) in [5.41, 5.74) is 1.84. The Hall–Kier alpha value is -0.800. The van der Waals surface area contributed by atoms with Gasteiger partial charge in [0.1, 0.15) is 11.5 Å². The highest BCUT2D eigenvalue weighted by Crippen LogP contribution is 2.27. The van der Waals surface area contributed by atoms with E-state index < -0.39 is 0 Å². The summed E-state index contributed by atoms with van der Waals surface area (Å²) < 4.78 is 1.40. The van der Waals surface area contributed by atoms with Gasteiger partial charge >= 0.3 is 0 Å². The van der Waals surface area contributed by atoms with Crippen molar-refractivity contribution in [1.82, 2.24) is 4.42 Å². The molecule has 0 amide bonds. The topological polar surface area (TPSA) is 28.0 Å². The van der Waals surface area contributed by atoms with E-state index in [0.717, 1.165) is 11.3 Å². The summed E-state index contributed by atoms with van der Waals surface area (Å²) in [4.78, 5) is 7.89. The fourth-order valence-corrected chi connectivity index (χ4v) is 1.45. The molecular weight excluding hydrogens is 197 g/mol. The lowest BCUT2D eigenvalue weighted by atomic mass is 10.1. The summed E-state index contributed by atoms with van der Waals surface area (Å²) in [5, 5.41) is 0.562. The molecule has 0 fully saturated rings. The number of nitrogens with zero attached hydrogens (tertiary/aromatic N) is 3. The summed E-state index contributed by atoms with van der Waals surface area (Å²) >= 11 is 11.5. The van der Waals surface area contributed by atoms with Crippen molar-refractivity contribution in [2.75, 3.05) is 0 Å². The first kappa shape index (κ1) is 7.83. The molecule has 62 valence electrons. The Labute approximate surface area is 79.8 Å². The Kier molecular flexibility index (Phi) is 1.90. The highest BCUT2D eigenvalue weighted by molar-refractivity contribution is 6.65. The van der Waals surface area contributed by atoms with E-state index in [4.69, 9.17) is 23.4 Å². The smallest absolute Gasteiger partial charge is 0.110 e. The molecule has 0 radical (unpaired) electrons. The van der Waals surface area contributed by atoms with Crippen LogP contribution >= 0.6 is 23.4 Å². The largest absolute Gasteiger partial charge is 0.246 e. The van der Waals surface area contributed by atoms with E-state index in [1.807, 2.05) is 0 Å². The predicted octanol–water partition coefficient (Wildman–Crippen LogP) is 2.25. The third-order valence-electron chi connectivity index (χ3n) is 1.62. The zero-order chi connectivity index (χ0) is 8.55. The van der Waals surface area contributed by atoms with Crippen LogP contribution < -0.4 is 0 Å². The number of aliphatic imine (C=N–C) groups is 2. The van der Waals surface area contributed by atoms with E-state index in [-0.39, 0.29) is 0 Å². The summed E-state index contributed by atoms with van der Waals surface area (Å²) in [6.07, 6.45) is 5.50. The van der Waals surface area contributed by atoms with Crippen molar-refractivity contribution in [3.8, 4) is 0 Å². The summed E-state index contributed by atoms with van der Waals surface area (Å²) in [6.45, 7) is 0. The first-order valence-corrected chi connectivity index (χ1v) is 4.09. The van der Waals surface area contributed by atoms with Crippen LogP contribution in [0.2, 0.25) is 0 Å². The number of allylic oxidation sites excluding steroid dienone is 1. The van der Waals surface area contributed by atoms with Gasteiger partial charge in [-0.25, -0.2) is 14.4 Å². The number of halogens is 2. The molecule has 2 rings (SSSR count). The van der Waals surface area contributed by atoms with E-state index in [2.05, 4.69) is 9.98 Å². The van der Waals surface area contributed by atoms with Crippen molar-refractivity contribution in [2.24, 2.45) is 9.98 Å². The molecule has 3 nitrogen and oxygen atoms in total. The molecule has 0 bridgehead atoms. The minimum atomic E-state index is 0.562. The second-order valence-corrected chi connectivity index (χ2v) is 3.23. The lowest BCUT2D eigenvalue weighted by molar-refractivity contribution is 0.812. The second-order valence-electron chi connectivity index (χ2n) is 2.43. The van der Waals surface area contributed by atoms with Crippen molar-refractivity contribution >= 4 is 34.9 Å². The molecule has 2 aliphatic rings. The fraction of sp³-hybridized carbons (Fsp3) is 0.143. The van der Waals surface area contributed by atoms with E-state index in [1.54, 1.807) is 12.4 Å². The Morgan fingerprint density at radius 3 is 3.08 bits per heavy atom. The Morgan fingerprint density at radius 2 is 2.25 bits per heavy atom. The fourth-order valence-electron chi connectivity index (χ4n) is 1.06. The van der Waals surface area contributed by atoms with Gasteiger partial charge in [-0.05, 0) is 0 Å². The molecule has 0 spiro atoms. The van der Waals surface area contributed by atoms with Crippen molar-refractivity contribution in [3.05, 3.63) is 23.7 Å². The second kappa shape index (κ2) is 2.92. The van der Waals surface area contributed by atoms with E-state index >= 15 is 0 Å². The SMILES string of the molecule is ClC1=NC=C2C(=CN=CN2Cl)C1. The number of hydrogen-bond acceptors (Lipinski definition) is 3. The number of fused-ring (bicyclic) bond motifs is 1. The van der Waals surface area contributed by atoms with Crippen molar-refractivity contribution in [1.29, 1.82) is 0 Å². The maximum Gasteiger partial charge on any atom is 0.110 e. The minimum absolute atomic E-state index is 0.562. The van der Waals surface area contributed by atoms with Gasteiger partial charge in [-0.15, -0.1) is 0 Å². The predicted molar refractivity (Wildman–Crippen MR) is 50.3 cm³/mol. The van der Waals surface area contributed by atoms with Crippen LogP contribution in [0.4, 0.5) is 0 Å². The third kappa shape index (κ3) is 1.26. The monoisotopic (exact) mass is 201 g/mol. The van der Waals surface area contributed by atoms with Crippen molar-refractivity contribution < 1.29 is 0 Å². The molecule has 0 aromatic rings. The molecule has 0 aromatic carbocycles. The molecule has 12 heavy (non-hydrogen) atoms. The van der Waals surface area contributed by atoms with Crippen molar-refractivity contribution in [2.45, 2.75) is 6.42 Å². The molecule has 2 heterocycles. The standard InChI is InChI=1S/C7H5Cl2N3/c8-7-1-5-2-10-4-12(9)6(5)3-11-7/h2-4H,1H2. The molecule has 0 saturated carbocycles. The normalized spacial score (nSPS) is 21.2. The van der Waals surface area contributed by atoms with Gasteiger partial charge in [0.25, 0.3) is 0 Å². The molecule has 2 aliphatic heterocycles. The molecule has 0 unspecified atom stereocenters. The summed E-state index contributed by atoms with van der Waals surface area (Å²) in [7, 11) is 0. The van der Waals surface area contributed by atoms with Gasteiger partial charge in [0.15, 0.2) is 0 Å². The quantitative estimate of drug-likeness (QED) is 0.553. The van der Waals surface area contributed by atoms with Gasteiger partial charge < -0.3 is 0 Å².